The molecule has 0 amide bonds. The van der Waals surface area contributed by atoms with Crippen molar-refractivity contribution in [3.63, 3.8) is 0 Å². The average molecular weight is 263 g/mol. The molecule has 1 aromatic heterocycles. The number of rotatable bonds is 1. The summed E-state index contributed by atoms with van der Waals surface area (Å²) in [6, 6.07) is 4.26. The Bertz CT molecular complexity index is 551. The van der Waals surface area contributed by atoms with Crippen molar-refractivity contribution in [1.29, 1.82) is 0 Å². The van der Waals surface area contributed by atoms with Crippen molar-refractivity contribution >= 4 is 17.5 Å². The number of anilines is 1. The third-order valence-corrected chi connectivity index (χ3v) is 2.43. The zero-order valence-corrected chi connectivity index (χ0v) is 9.01. The predicted octanol–water partition coefficient (Wildman–Crippen LogP) is 3.60. The van der Waals surface area contributed by atoms with Crippen LogP contribution < -0.4 is 5.73 Å². The van der Waals surface area contributed by atoms with Gasteiger partial charge < -0.3 is 10.3 Å². The lowest BCUT2D eigenvalue weighted by molar-refractivity contribution is -0.137. The maximum absolute atomic E-state index is 12.5. The summed E-state index contributed by atoms with van der Waals surface area (Å²) >= 11 is 5.80. The van der Waals surface area contributed by atoms with Crippen LogP contribution in [0.2, 0.25) is 5.02 Å². The van der Waals surface area contributed by atoms with Crippen LogP contribution in [0.5, 0.6) is 0 Å². The number of nitrogens with zero attached hydrogens (tertiary/aromatic N) is 1. The molecular weight excluding hydrogens is 257 g/mol. The second-order valence-electron chi connectivity index (χ2n) is 3.31. The van der Waals surface area contributed by atoms with Gasteiger partial charge in [-0.25, -0.2) is 0 Å². The Morgan fingerprint density at radius 1 is 1.24 bits per heavy atom. The van der Waals surface area contributed by atoms with Gasteiger partial charge in [0.25, 0.3) is 0 Å². The Morgan fingerprint density at radius 3 is 2.47 bits per heavy atom. The van der Waals surface area contributed by atoms with Crippen molar-refractivity contribution in [3.8, 4) is 11.3 Å². The van der Waals surface area contributed by atoms with E-state index < -0.39 is 11.7 Å². The molecule has 0 saturated carbocycles. The summed E-state index contributed by atoms with van der Waals surface area (Å²) in [4.78, 5) is 0. The van der Waals surface area contributed by atoms with Gasteiger partial charge >= 0.3 is 6.18 Å². The second kappa shape index (κ2) is 3.96. The number of halogens is 4. The molecule has 0 aliphatic heterocycles. The highest BCUT2D eigenvalue weighted by atomic mass is 35.5. The lowest BCUT2D eigenvalue weighted by Crippen LogP contribution is -2.04. The Balaban J connectivity index is 2.54. The Kier molecular flexibility index (Phi) is 2.74. The highest BCUT2D eigenvalue weighted by molar-refractivity contribution is 6.33. The number of hydrogen-bond acceptors (Lipinski definition) is 3. The van der Waals surface area contributed by atoms with E-state index in [1.807, 2.05) is 0 Å². The SMILES string of the molecule is Nc1cc(-c2cc(C(F)(F)F)ccc2Cl)no1. The van der Waals surface area contributed by atoms with Crippen molar-refractivity contribution < 1.29 is 17.7 Å². The zero-order chi connectivity index (χ0) is 12.6. The van der Waals surface area contributed by atoms with Crippen molar-refractivity contribution in [3.05, 3.63) is 34.9 Å². The van der Waals surface area contributed by atoms with Crippen LogP contribution >= 0.6 is 11.6 Å². The van der Waals surface area contributed by atoms with Crippen LogP contribution in [-0.4, -0.2) is 5.16 Å². The molecule has 0 saturated heterocycles. The molecule has 2 aromatic rings. The van der Waals surface area contributed by atoms with Gasteiger partial charge in [0.15, 0.2) is 0 Å². The van der Waals surface area contributed by atoms with E-state index in [-0.39, 0.29) is 22.2 Å². The largest absolute Gasteiger partial charge is 0.416 e. The first kappa shape index (κ1) is 11.8. The number of hydrogen-bond donors (Lipinski definition) is 1. The molecule has 0 bridgehead atoms. The van der Waals surface area contributed by atoms with Gasteiger partial charge in [0, 0.05) is 11.6 Å². The van der Waals surface area contributed by atoms with E-state index in [2.05, 4.69) is 9.68 Å². The summed E-state index contributed by atoms with van der Waals surface area (Å²) in [5.41, 5.74) is 4.78. The first-order valence-corrected chi connectivity index (χ1v) is 4.85. The fraction of sp³-hybridized carbons (Fsp3) is 0.100. The molecule has 1 heterocycles. The smallest absolute Gasteiger partial charge is 0.368 e. The van der Waals surface area contributed by atoms with Gasteiger partial charge in [0.1, 0.15) is 5.69 Å². The van der Waals surface area contributed by atoms with E-state index in [1.165, 1.54) is 6.07 Å². The maximum Gasteiger partial charge on any atom is 0.416 e. The van der Waals surface area contributed by atoms with Crippen molar-refractivity contribution in [1.82, 2.24) is 5.16 Å². The zero-order valence-electron chi connectivity index (χ0n) is 8.25. The molecule has 0 radical (unpaired) electrons. The average Bonchev–Trinajstić information content (AvgIpc) is 2.63. The van der Waals surface area contributed by atoms with E-state index in [4.69, 9.17) is 17.3 Å². The minimum Gasteiger partial charge on any atom is -0.368 e. The molecule has 7 heteroatoms. The summed E-state index contributed by atoms with van der Waals surface area (Å²) in [7, 11) is 0. The van der Waals surface area contributed by atoms with E-state index in [0.29, 0.717) is 0 Å². The molecule has 0 aliphatic rings. The third-order valence-electron chi connectivity index (χ3n) is 2.10. The molecule has 90 valence electrons. The summed E-state index contributed by atoms with van der Waals surface area (Å²) in [6.07, 6.45) is -4.44. The maximum atomic E-state index is 12.5. The van der Waals surface area contributed by atoms with Gasteiger partial charge in [-0.1, -0.05) is 16.8 Å². The highest BCUT2D eigenvalue weighted by Gasteiger charge is 2.31. The summed E-state index contributed by atoms with van der Waals surface area (Å²) in [5.74, 6) is 0.00785. The number of benzene rings is 1. The monoisotopic (exact) mass is 262 g/mol. The number of nitrogen functional groups attached to an aromatic ring is 1. The van der Waals surface area contributed by atoms with Crippen LogP contribution in [0.4, 0.5) is 19.1 Å². The van der Waals surface area contributed by atoms with Crippen LogP contribution in [0.25, 0.3) is 11.3 Å². The van der Waals surface area contributed by atoms with E-state index >= 15 is 0 Å². The van der Waals surface area contributed by atoms with Crippen LogP contribution in [0.15, 0.2) is 28.8 Å². The van der Waals surface area contributed by atoms with Crippen molar-refractivity contribution in [2.24, 2.45) is 0 Å². The molecule has 2 N–H and O–H groups in total. The highest BCUT2D eigenvalue weighted by Crippen LogP contribution is 2.35. The normalized spacial score (nSPS) is 11.8. The molecule has 17 heavy (non-hydrogen) atoms. The summed E-state index contributed by atoms with van der Waals surface area (Å²) in [6.45, 7) is 0. The molecule has 2 rings (SSSR count). The van der Waals surface area contributed by atoms with Crippen LogP contribution in [-0.2, 0) is 6.18 Å². The summed E-state index contributed by atoms with van der Waals surface area (Å²) in [5, 5.41) is 3.66. The van der Waals surface area contributed by atoms with Crippen LogP contribution in [0, 0.1) is 0 Å². The minimum atomic E-state index is -4.44. The minimum absolute atomic E-state index is 0.00785. The van der Waals surface area contributed by atoms with Gasteiger partial charge in [-0.05, 0) is 18.2 Å². The molecular formula is C10H6ClF3N2O. The van der Waals surface area contributed by atoms with Crippen LogP contribution in [0.3, 0.4) is 0 Å². The lowest BCUT2D eigenvalue weighted by atomic mass is 10.1. The second-order valence-corrected chi connectivity index (χ2v) is 3.71. The molecule has 1 aromatic carbocycles. The Labute approximate surface area is 99.0 Å². The first-order valence-electron chi connectivity index (χ1n) is 4.47. The Morgan fingerprint density at radius 2 is 1.94 bits per heavy atom. The standard InChI is InChI=1S/C10H6ClF3N2O/c11-7-2-1-5(10(12,13)14)3-6(7)8-4-9(15)17-16-8/h1-4H,15H2. The van der Waals surface area contributed by atoms with E-state index in [1.54, 1.807) is 0 Å². The van der Waals surface area contributed by atoms with Crippen molar-refractivity contribution in [2.45, 2.75) is 6.18 Å². The van der Waals surface area contributed by atoms with Gasteiger partial charge in [0.2, 0.25) is 5.88 Å². The number of nitrogens with two attached hydrogens (primary N) is 1. The molecule has 0 unspecified atom stereocenters. The lowest BCUT2D eigenvalue weighted by Gasteiger charge is -2.08. The van der Waals surface area contributed by atoms with Gasteiger partial charge in [-0.15, -0.1) is 0 Å². The van der Waals surface area contributed by atoms with Gasteiger partial charge in [-0.2, -0.15) is 13.2 Å². The summed E-state index contributed by atoms with van der Waals surface area (Å²) < 4.78 is 42.1. The fourth-order valence-electron chi connectivity index (χ4n) is 1.31. The number of alkyl halides is 3. The van der Waals surface area contributed by atoms with E-state index in [0.717, 1.165) is 18.2 Å². The molecule has 0 aliphatic carbocycles. The van der Waals surface area contributed by atoms with Gasteiger partial charge in [0.05, 0.1) is 10.6 Å². The predicted molar refractivity (Wildman–Crippen MR) is 56.4 cm³/mol. The topological polar surface area (TPSA) is 52.0 Å². The quantitative estimate of drug-likeness (QED) is 0.854. The molecule has 0 fully saturated rings. The third kappa shape index (κ3) is 2.36. The fourth-order valence-corrected chi connectivity index (χ4v) is 1.53. The van der Waals surface area contributed by atoms with E-state index in [9.17, 15) is 13.2 Å². The first-order chi connectivity index (χ1) is 7.88. The molecule has 0 atom stereocenters. The van der Waals surface area contributed by atoms with Crippen molar-refractivity contribution in [2.75, 3.05) is 5.73 Å². The molecule has 0 spiro atoms. The van der Waals surface area contributed by atoms with Gasteiger partial charge in [-0.3, -0.25) is 0 Å². The van der Waals surface area contributed by atoms with Crippen LogP contribution in [0.1, 0.15) is 5.56 Å². The Hall–Kier alpha value is -1.69. The number of aromatic nitrogens is 1. The molecule has 3 nitrogen and oxygen atoms in total.